The van der Waals surface area contributed by atoms with Crippen molar-refractivity contribution in [3.8, 4) is 0 Å². The average molecular weight is 278 g/mol. The quantitative estimate of drug-likeness (QED) is 0.712. The van der Waals surface area contributed by atoms with Crippen LogP contribution in [-0.2, 0) is 0 Å². The smallest absolute Gasteiger partial charge is 0.101 e. The summed E-state index contributed by atoms with van der Waals surface area (Å²) in [6.07, 6.45) is 8.54. The second-order valence-corrected chi connectivity index (χ2v) is 6.48. The molecule has 0 aliphatic carbocycles. The molecule has 1 aliphatic rings. The largest absolute Gasteiger partial charge is 0.296 e. The normalized spacial score (nSPS) is 20.6. The first kappa shape index (κ1) is 14.9. The summed E-state index contributed by atoms with van der Waals surface area (Å²) in [5.41, 5.74) is 1.46. The van der Waals surface area contributed by atoms with Crippen LogP contribution in [0, 0.1) is 0 Å². The molecule has 0 saturated carbocycles. The van der Waals surface area contributed by atoms with Crippen molar-refractivity contribution in [1.82, 2.24) is 9.88 Å². The van der Waals surface area contributed by atoms with E-state index in [-0.39, 0.29) is 0 Å². The molecule has 19 heavy (non-hydrogen) atoms. The molecule has 0 spiro atoms. The van der Waals surface area contributed by atoms with Crippen LogP contribution in [0.4, 0.5) is 0 Å². The van der Waals surface area contributed by atoms with Crippen LogP contribution in [0.5, 0.6) is 0 Å². The van der Waals surface area contributed by atoms with Crippen LogP contribution in [0.2, 0.25) is 0 Å². The van der Waals surface area contributed by atoms with Gasteiger partial charge in [0.05, 0.1) is 0 Å². The summed E-state index contributed by atoms with van der Waals surface area (Å²) >= 11 is 1.88. The molecule has 3 heteroatoms. The minimum absolute atomic E-state index is 0.600. The van der Waals surface area contributed by atoms with Gasteiger partial charge in [-0.1, -0.05) is 32.8 Å². The molecule has 0 radical (unpaired) electrons. The van der Waals surface area contributed by atoms with E-state index in [4.69, 9.17) is 0 Å². The Morgan fingerprint density at radius 1 is 1.37 bits per heavy atom. The highest BCUT2D eigenvalue weighted by Gasteiger charge is 2.25. The van der Waals surface area contributed by atoms with E-state index in [0.29, 0.717) is 6.04 Å². The second-order valence-electron chi connectivity index (χ2n) is 5.23. The lowest BCUT2D eigenvalue weighted by Crippen LogP contribution is -2.34. The van der Waals surface area contributed by atoms with Crippen molar-refractivity contribution in [3.63, 3.8) is 0 Å². The van der Waals surface area contributed by atoms with E-state index in [0.717, 1.165) is 5.75 Å². The van der Waals surface area contributed by atoms with E-state index in [9.17, 15) is 0 Å². The number of unbranched alkanes of at least 4 members (excludes halogenated alkanes) is 1. The minimum atomic E-state index is 0.600. The van der Waals surface area contributed by atoms with Crippen molar-refractivity contribution in [3.05, 3.63) is 23.9 Å². The maximum absolute atomic E-state index is 4.59. The molecule has 1 aliphatic heterocycles. The van der Waals surface area contributed by atoms with Crippen LogP contribution in [0.25, 0.3) is 0 Å². The molecule has 106 valence electrons. The van der Waals surface area contributed by atoms with Crippen LogP contribution >= 0.6 is 11.8 Å². The maximum Gasteiger partial charge on any atom is 0.101 e. The summed E-state index contributed by atoms with van der Waals surface area (Å²) in [5.74, 6) is 1.10. The molecule has 2 heterocycles. The van der Waals surface area contributed by atoms with E-state index in [1.54, 1.807) is 0 Å². The van der Waals surface area contributed by atoms with Gasteiger partial charge < -0.3 is 0 Å². The first-order valence-electron chi connectivity index (χ1n) is 7.68. The lowest BCUT2D eigenvalue weighted by Gasteiger charge is -2.36. The molecule has 0 amide bonds. The highest BCUT2D eigenvalue weighted by Crippen LogP contribution is 2.35. The molecule has 1 saturated heterocycles. The van der Waals surface area contributed by atoms with Gasteiger partial charge in [0.2, 0.25) is 0 Å². The van der Waals surface area contributed by atoms with Crippen molar-refractivity contribution >= 4 is 11.8 Å². The molecule has 2 nitrogen and oxygen atoms in total. The number of aromatic nitrogens is 1. The Hall–Kier alpha value is -0.540. The molecule has 1 aromatic heterocycles. The fraction of sp³-hybridized carbons (Fsp3) is 0.688. The Labute approximate surface area is 122 Å². The van der Waals surface area contributed by atoms with Gasteiger partial charge in [0.1, 0.15) is 5.03 Å². The van der Waals surface area contributed by atoms with Crippen LogP contribution in [0.15, 0.2) is 23.4 Å². The van der Waals surface area contributed by atoms with Gasteiger partial charge in [-0.15, -0.1) is 11.8 Å². The van der Waals surface area contributed by atoms with Crippen molar-refractivity contribution in [2.45, 2.75) is 57.0 Å². The molecular weight excluding hydrogens is 252 g/mol. The number of thioether (sulfide) groups is 1. The summed E-state index contributed by atoms with van der Waals surface area (Å²) in [5, 5.41) is 1.25. The van der Waals surface area contributed by atoms with Crippen molar-refractivity contribution in [2.24, 2.45) is 0 Å². The summed E-state index contributed by atoms with van der Waals surface area (Å²) in [6.45, 7) is 6.99. The number of piperidine rings is 1. The molecule has 0 bridgehead atoms. The van der Waals surface area contributed by atoms with Gasteiger partial charge in [-0.3, -0.25) is 4.90 Å². The zero-order valence-corrected chi connectivity index (χ0v) is 13.1. The predicted octanol–water partition coefficient (Wildman–Crippen LogP) is 4.52. The number of hydrogen-bond acceptors (Lipinski definition) is 3. The Bertz CT molecular complexity index is 381. The van der Waals surface area contributed by atoms with Crippen molar-refractivity contribution < 1.29 is 0 Å². The Morgan fingerprint density at radius 3 is 3.05 bits per heavy atom. The Balaban J connectivity index is 2.16. The minimum Gasteiger partial charge on any atom is -0.296 e. The zero-order chi connectivity index (χ0) is 13.5. The van der Waals surface area contributed by atoms with Gasteiger partial charge in [-0.2, -0.15) is 0 Å². The van der Waals surface area contributed by atoms with E-state index < -0.39 is 0 Å². The first-order chi connectivity index (χ1) is 9.36. The number of hydrogen-bond donors (Lipinski definition) is 0. The average Bonchev–Trinajstić information content (AvgIpc) is 2.46. The van der Waals surface area contributed by atoms with E-state index >= 15 is 0 Å². The van der Waals surface area contributed by atoms with Crippen LogP contribution in [0.1, 0.15) is 57.6 Å². The molecule has 1 fully saturated rings. The van der Waals surface area contributed by atoms with Gasteiger partial charge in [-0.05, 0) is 44.2 Å². The molecule has 1 aromatic rings. The third kappa shape index (κ3) is 3.96. The monoisotopic (exact) mass is 278 g/mol. The standard InChI is InChI=1S/C16H26N2S/c1-3-5-12-18-13-7-6-10-15(18)14-9-8-11-17-16(14)19-4-2/h8-9,11,15H,3-7,10,12-13H2,1-2H3/t15-/m0/s1. The van der Waals surface area contributed by atoms with Crippen LogP contribution in [0.3, 0.4) is 0 Å². The maximum atomic E-state index is 4.59. The summed E-state index contributed by atoms with van der Waals surface area (Å²) in [6, 6.07) is 4.99. The highest BCUT2D eigenvalue weighted by atomic mass is 32.2. The van der Waals surface area contributed by atoms with Crippen molar-refractivity contribution in [1.29, 1.82) is 0 Å². The SMILES string of the molecule is CCCCN1CCCC[C@H]1c1cccnc1SCC. The van der Waals surface area contributed by atoms with Gasteiger partial charge in [0, 0.05) is 17.8 Å². The fourth-order valence-electron chi connectivity index (χ4n) is 2.89. The second kappa shape index (κ2) is 7.91. The fourth-order valence-corrected chi connectivity index (χ4v) is 3.67. The van der Waals surface area contributed by atoms with Crippen LogP contribution in [-0.4, -0.2) is 28.7 Å². The molecule has 0 aromatic carbocycles. The lowest BCUT2D eigenvalue weighted by molar-refractivity contribution is 0.144. The van der Waals surface area contributed by atoms with Gasteiger partial charge in [0.25, 0.3) is 0 Å². The lowest BCUT2D eigenvalue weighted by atomic mass is 9.96. The molecular formula is C16H26N2S. The third-order valence-corrected chi connectivity index (χ3v) is 4.76. The van der Waals surface area contributed by atoms with E-state index in [1.165, 1.54) is 55.8 Å². The summed E-state index contributed by atoms with van der Waals surface area (Å²) < 4.78 is 0. The Morgan fingerprint density at radius 2 is 2.26 bits per heavy atom. The number of nitrogens with zero attached hydrogens (tertiary/aromatic N) is 2. The molecule has 0 unspecified atom stereocenters. The van der Waals surface area contributed by atoms with Crippen molar-refractivity contribution in [2.75, 3.05) is 18.8 Å². The van der Waals surface area contributed by atoms with E-state index in [2.05, 4.69) is 35.9 Å². The summed E-state index contributed by atoms with van der Waals surface area (Å²) in [7, 11) is 0. The molecule has 0 N–H and O–H groups in total. The third-order valence-electron chi connectivity index (χ3n) is 3.85. The molecule has 2 rings (SSSR count). The number of likely N-dealkylation sites (tertiary alicyclic amines) is 1. The predicted molar refractivity (Wildman–Crippen MR) is 83.7 cm³/mol. The summed E-state index contributed by atoms with van der Waals surface area (Å²) in [4.78, 5) is 7.28. The Kier molecular flexibility index (Phi) is 6.18. The first-order valence-corrected chi connectivity index (χ1v) is 8.67. The number of pyridine rings is 1. The van der Waals surface area contributed by atoms with Gasteiger partial charge in [0.15, 0.2) is 0 Å². The van der Waals surface area contributed by atoms with Gasteiger partial charge >= 0.3 is 0 Å². The zero-order valence-electron chi connectivity index (χ0n) is 12.3. The number of rotatable bonds is 6. The highest BCUT2D eigenvalue weighted by molar-refractivity contribution is 7.99. The molecule has 1 atom stereocenters. The van der Waals surface area contributed by atoms with Crippen LogP contribution < -0.4 is 0 Å². The topological polar surface area (TPSA) is 16.1 Å². The van der Waals surface area contributed by atoms with E-state index in [1.807, 2.05) is 18.0 Å². The van der Waals surface area contributed by atoms with Gasteiger partial charge in [-0.25, -0.2) is 4.98 Å².